The van der Waals surface area contributed by atoms with Crippen LogP contribution in [0, 0.1) is 0 Å². The monoisotopic (exact) mass is 106 g/mol. The summed E-state index contributed by atoms with van der Waals surface area (Å²) in [6.45, 7) is 7.02. The van der Waals surface area contributed by atoms with Crippen molar-refractivity contribution in [2.45, 2.75) is 0 Å². The Morgan fingerprint density at radius 1 is 0.625 bits per heavy atom. The quantitative estimate of drug-likeness (QED) is 0.485. The maximum atomic E-state index is 3.51. The lowest BCUT2D eigenvalue weighted by Crippen LogP contribution is -1.45. The molecule has 0 spiro atoms. The van der Waals surface area contributed by atoms with Crippen molar-refractivity contribution in [1.82, 2.24) is 0 Å². The van der Waals surface area contributed by atoms with E-state index in [0.717, 1.165) is 0 Å². The van der Waals surface area contributed by atoms with Gasteiger partial charge in [0.25, 0.3) is 0 Å². The van der Waals surface area contributed by atoms with Crippen LogP contribution in [-0.2, 0) is 0 Å². The standard InChI is InChI=1S/C8H10/c1-3-5-7-8-6-4-2/h3-8H,1-2H2/b7-5+,8-6+. The third-order valence-electron chi connectivity index (χ3n) is 0.605. The third-order valence-corrected chi connectivity index (χ3v) is 0.605. The molecule has 0 atom stereocenters. The zero-order chi connectivity index (χ0) is 6.24. The second-order valence-corrected chi connectivity index (χ2v) is 1.24. The van der Waals surface area contributed by atoms with E-state index in [-0.39, 0.29) is 0 Å². The predicted molar refractivity (Wildman–Crippen MR) is 38.7 cm³/mol. The molecule has 0 N–H and O–H groups in total. The molecule has 0 nitrogen and oxygen atoms in total. The summed E-state index contributed by atoms with van der Waals surface area (Å²) in [5.41, 5.74) is 0. The molecule has 0 aliphatic heterocycles. The summed E-state index contributed by atoms with van der Waals surface area (Å²) in [7, 11) is 0. The molecule has 0 saturated carbocycles. The third kappa shape index (κ3) is 4.96. The fourth-order valence-corrected chi connectivity index (χ4v) is 0.285. The molecule has 0 bridgehead atoms. The van der Waals surface area contributed by atoms with Gasteiger partial charge in [-0.25, -0.2) is 0 Å². The van der Waals surface area contributed by atoms with Gasteiger partial charge in [0.05, 0.1) is 0 Å². The second-order valence-electron chi connectivity index (χ2n) is 1.24. The summed E-state index contributed by atoms with van der Waals surface area (Å²) in [6.07, 6.45) is 11.0. The lowest BCUT2D eigenvalue weighted by atomic mass is 10.4. The van der Waals surface area contributed by atoms with E-state index in [1.807, 2.05) is 24.3 Å². The zero-order valence-electron chi connectivity index (χ0n) is 4.88. The van der Waals surface area contributed by atoms with E-state index in [0.29, 0.717) is 0 Å². The fraction of sp³-hybridized carbons (Fsp3) is 0. The van der Waals surface area contributed by atoms with Crippen molar-refractivity contribution in [1.29, 1.82) is 0 Å². The number of allylic oxidation sites excluding steroid dienone is 6. The summed E-state index contributed by atoms with van der Waals surface area (Å²) >= 11 is 0. The summed E-state index contributed by atoms with van der Waals surface area (Å²) < 4.78 is 0. The van der Waals surface area contributed by atoms with Gasteiger partial charge < -0.3 is 0 Å². The molecule has 0 unspecified atom stereocenters. The SMILES string of the molecule is C=C/C=C/C=C/C=C. The van der Waals surface area contributed by atoms with Gasteiger partial charge in [-0.3, -0.25) is 0 Å². The van der Waals surface area contributed by atoms with Crippen LogP contribution in [0.4, 0.5) is 0 Å². The van der Waals surface area contributed by atoms with Crippen LogP contribution in [0.15, 0.2) is 49.6 Å². The van der Waals surface area contributed by atoms with Gasteiger partial charge in [0.15, 0.2) is 0 Å². The van der Waals surface area contributed by atoms with Crippen molar-refractivity contribution in [3.05, 3.63) is 49.6 Å². The number of hydrogen-bond donors (Lipinski definition) is 0. The molecule has 0 aromatic rings. The molecule has 0 heteroatoms. The summed E-state index contributed by atoms with van der Waals surface area (Å²) in [4.78, 5) is 0. The highest BCUT2D eigenvalue weighted by molar-refractivity contribution is 5.12. The molecule has 0 saturated heterocycles. The maximum Gasteiger partial charge on any atom is -0.0623 e. The van der Waals surface area contributed by atoms with E-state index in [9.17, 15) is 0 Å². The highest BCUT2D eigenvalue weighted by Crippen LogP contribution is 1.76. The first-order chi connectivity index (χ1) is 3.91. The van der Waals surface area contributed by atoms with Crippen LogP contribution in [0.3, 0.4) is 0 Å². The lowest BCUT2D eigenvalue weighted by Gasteiger charge is -1.67. The molecule has 0 aromatic heterocycles. The van der Waals surface area contributed by atoms with Gasteiger partial charge in [-0.15, -0.1) is 0 Å². The van der Waals surface area contributed by atoms with Crippen LogP contribution < -0.4 is 0 Å². The zero-order valence-corrected chi connectivity index (χ0v) is 4.88. The van der Waals surface area contributed by atoms with E-state index in [4.69, 9.17) is 0 Å². The number of rotatable bonds is 3. The van der Waals surface area contributed by atoms with Gasteiger partial charge >= 0.3 is 0 Å². The van der Waals surface area contributed by atoms with Crippen molar-refractivity contribution < 1.29 is 0 Å². The topological polar surface area (TPSA) is 0 Å². The molecule has 0 aliphatic carbocycles. The van der Waals surface area contributed by atoms with Crippen LogP contribution in [0.5, 0.6) is 0 Å². The van der Waals surface area contributed by atoms with Crippen LogP contribution >= 0.6 is 0 Å². The van der Waals surface area contributed by atoms with Crippen molar-refractivity contribution in [3.63, 3.8) is 0 Å². The van der Waals surface area contributed by atoms with E-state index < -0.39 is 0 Å². The molecule has 0 amide bonds. The first-order valence-corrected chi connectivity index (χ1v) is 2.48. The van der Waals surface area contributed by atoms with Crippen molar-refractivity contribution >= 4 is 0 Å². The van der Waals surface area contributed by atoms with Crippen molar-refractivity contribution in [2.75, 3.05) is 0 Å². The smallest absolute Gasteiger partial charge is 0.0623 e. The minimum Gasteiger partial charge on any atom is -0.0991 e. The minimum atomic E-state index is 1.73. The van der Waals surface area contributed by atoms with E-state index in [1.165, 1.54) is 0 Å². The molecule has 0 aliphatic rings. The van der Waals surface area contributed by atoms with Crippen LogP contribution in [0.1, 0.15) is 0 Å². The first kappa shape index (κ1) is 6.96. The van der Waals surface area contributed by atoms with Gasteiger partial charge in [0.2, 0.25) is 0 Å². The maximum absolute atomic E-state index is 3.51. The predicted octanol–water partition coefficient (Wildman–Crippen LogP) is 2.47. The Labute approximate surface area is 50.5 Å². The van der Waals surface area contributed by atoms with E-state index in [1.54, 1.807) is 12.2 Å². The van der Waals surface area contributed by atoms with Crippen LogP contribution in [0.2, 0.25) is 0 Å². The average Bonchev–Trinajstić information content (AvgIpc) is 1.81. The van der Waals surface area contributed by atoms with E-state index >= 15 is 0 Å². The Morgan fingerprint density at radius 3 is 1.25 bits per heavy atom. The second kappa shape index (κ2) is 5.96. The van der Waals surface area contributed by atoms with Gasteiger partial charge in [0, 0.05) is 0 Å². The Morgan fingerprint density at radius 2 is 1.00 bits per heavy atom. The van der Waals surface area contributed by atoms with Gasteiger partial charge in [-0.05, 0) is 0 Å². The molecule has 8 heavy (non-hydrogen) atoms. The summed E-state index contributed by atoms with van der Waals surface area (Å²) in [5.74, 6) is 0. The van der Waals surface area contributed by atoms with Crippen LogP contribution in [-0.4, -0.2) is 0 Å². The molecule has 42 valence electrons. The molecule has 0 radical (unpaired) electrons. The fourth-order valence-electron chi connectivity index (χ4n) is 0.285. The summed E-state index contributed by atoms with van der Waals surface area (Å²) in [5, 5.41) is 0. The summed E-state index contributed by atoms with van der Waals surface area (Å²) in [6, 6.07) is 0. The Kier molecular flexibility index (Phi) is 5.19. The molecular formula is C8H10. The lowest BCUT2D eigenvalue weighted by molar-refractivity contribution is 1.91. The Bertz CT molecular complexity index is 100. The average molecular weight is 106 g/mol. The van der Waals surface area contributed by atoms with Crippen molar-refractivity contribution in [3.8, 4) is 0 Å². The number of hydrogen-bond acceptors (Lipinski definition) is 0. The first-order valence-electron chi connectivity index (χ1n) is 2.48. The Balaban J connectivity index is 3.41. The van der Waals surface area contributed by atoms with Crippen LogP contribution in [0.25, 0.3) is 0 Å². The molecule has 0 fully saturated rings. The normalized spacial score (nSPS) is 10.5. The molecule has 0 heterocycles. The van der Waals surface area contributed by atoms with Gasteiger partial charge in [-0.2, -0.15) is 0 Å². The highest BCUT2D eigenvalue weighted by atomic mass is 13.6. The molecule has 0 rings (SSSR count). The highest BCUT2D eigenvalue weighted by Gasteiger charge is 1.54. The van der Waals surface area contributed by atoms with Crippen molar-refractivity contribution in [2.24, 2.45) is 0 Å². The molecule has 0 aromatic carbocycles. The Hall–Kier alpha value is -1.04. The minimum absolute atomic E-state index is 1.73. The largest absolute Gasteiger partial charge is 0.0991 e. The molecular weight excluding hydrogens is 96.1 g/mol. The van der Waals surface area contributed by atoms with Gasteiger partial charge in [0.1, 0.15) is 0 Å². The van der Waals surface area contributed by atoms with E-state index in [2.05, 4.69) is 13.2 Å². The van der Waals surface area contributed by atoms with Gasteiger partial charge in [-0.1, -0.05) is 49.6 Å².